The highest BCUT2D eigenvalue weighted by molar-refractivity contribution is 7.99. The van der Waals surface area contributed by atoms with E-state index in [1.807, 2.05) is 18.2 Å². The second kappa shape index (κ2) is 8.09. The molecule has 0 N–H and O–H groups in total. The molecule has 1 aliphatic carbocycles. The monoisotopic (exact) mass is 303 g/mol. The number of nitrogens with zero attached hydrogens (tertiary/aromatic N) is 1. The van der Waals surface area contributed by atoms with E-state index in [1.165, 1.54) is 11.8 Å². The number of hydrogen-bond donors (Lipinski definition) is 0. The van der Waals surface area contributed by atoms with Crippen molar-refractivity contribution in [2.24, 2.45) is 5.92 Å². The van der Waals surface area contributed by atoms with E-state index in [4.69, 9.17) is 10.00 Å². The van der Waals surface area contributed by atoms with Crippen LogP contribution in [0.4, 0.5) is 0 Å². The van der Waals surface area contributed by atoms with Crippen LogP contribution >= 0.6 is 11.8 Å². The minimum absolute atomic E-state index is 0.115. The molecular weight excluding hydrogens is 282 g/mol. The third-order valence-corrected chi connectivity index (χ3v) is 4.78. The van der Waals surface area contributed by atoms with E-state index in [9.17, 15) is 4.79 Å². The normalized spacial score (nSPS) is 21.5. The Morgan fingerprint density at radius 2 is 2.14 bits per heavy atom. The average Bonchev–Trinajstić information content (AvgIpc) is 2.50. The fraction of sp³-hybridized carbons (Fsp3) is 0.529. The number of nitriles is 1. The van der Waals surface area contributed by atoms with Gasteiger partial charge in [-0.1, -0.05) is 19.1 Å². The van der Waals surface area contributed by atoms with Gasteiger partial charge in [0.25, 0.3) is 0 Å². The molecule has 21 heavy (non-hydrogen) atoms. The minimum atomic E-state index is -0.115. The molecule has 3 nitrogen and oxygen atoms in total. The molecule has 112 valence electrons. The minimum Gasteiger partial charge on any atom is -0.462 e. The summed E-state index contributed by atoms with van der Waals surface area (Å²) < 4.78 is 5.51. The molecular formula is C17H21NO2S. The summed E-state index contributed by atoms with van der Waals surface area (Å²) in [5, 5.41) is 8.85. The van der Waals surface area contributed by atoms with Crippen molar-refractivity contribution in [1.29, 1.82) is 5.26 Å². The Kier molecular flexibility index (Phi) is 6.13. The lowest BCUT2D eigenvalue weighted by molar-refractivity contribution is -0.147. The first kappa shape index (κ1) is 15.9. The van der Waals surface area contributed by atoms with Crippen molar-refractivity contribution in [1.82, 2.24) is 0 Å². The van der Waals surface area contributed by atoms with Crippen LogP contribution in [0.15, 0.2) is 24.3 Å². The van der Waals surface area contributed by atoms with Gasteiger partial charge in [0.15, 0.2) is 0 Å². The smallest absolute Gasteiger partial charge is 0.316 e. The van der Waals surface area contributed by atoms with Gasteiger partial charge in [0.05, 0.1) is 17.4 Å². The molecule has 1 aromatic rings. The van der Waals surface area contributed by atoms with Crippen molar-refractivity contribution in [3.05, 3.63) is 35.4 Å². The number of carbonyl (C=O) groups is 1. The highest BCUT2D eigenvalue weighted by atomic mass is 32.2. The molecule has 0 heterocycles. The van der Waals surface area contributed by atoms with Gasteiger partial charge in [-0.15, -0.1) is 11.8 Å². The lowest BCUT2D eigenvalue weighted by atomic mass is 9.89. The highest BCUT2D eigenvalue weighted by Crippen LogP contribution is 2.26. The van der Waals surface area contributed by atoms with Crippen LogP contribution in [0.1, 0.15) is 43.7 Å². The van der Waals surface area contributed by atoms with Gasteiger partial charge in [0.2, 0.25) is 0 Å². The Hall–Kier alpha value is -1.47. The van der Waals surface area contributed by atoms with Gasteiger partial charge in [-0.2, -0.15) is 5.26 Å². The van der Waals surface area contributed by atoms with Crippen molar-refractivity contribution in [2.75, 3.05) is 5.75 Å². The maximum Gasteiger partial charge on any atom is 0.316 e. The summed E-state index contributed by atoms with van der Waals surface area (Å²) in [5.74, 6) is 1.76. The van der Waals surface area contributed by atoms with E-state index in [-0.39, 0.29) is 12.1 Å². The average molecular weight is 303 g/mol. The van der Waals surface area contributed by atoms with Gasteiger partial charge in [-0.05, 0) is 49.3 Å². The molecule has 1 saturated carbocycles. The van der Waals surface area contributed by atoms with Gasteiger partial charge in [-0.3, -0.25) is 4.79 Å². The third kappa shape index (κ3) is 5.43. The van der Waals surface area contributed by atoms with Crippen molar-refractivity contribution in [3.63, 3.8) is 0 Å². The first-order valence-electron chi connectivity index (χ1n) is 7.43. The van der Waals surface area contributed by atoms with Gasteiger partial charge in [0, 0.05) is 5.75 Å². The van der Waals surface area contributed by atoms with Crippen LogP contribution in [0.5, 0.6) is 0 Å². The van der Waals surface area contributed by atoms with Gasteiger partial charge >= 0.3 is 5.97 Å². The molecule has 1 aromatic carbocycles. The molecule has 2 rings (SSSR count). The van der Waals surface area contributed by atoms with Crippen LogP contribution in [0.25, 0.3) is 0 Å². The maximum absolute atomic E-state index is 11.8. The molecule has 0 spiro atoms. The van der Waals surface area contributed by atoms with Crippen molar-refractivity contribution >= 4 is 17.7 Å². The topological polar surface area (TPSA) is 50.1 Å². The predicted molar refractivity (Wildman–Crippen MR) is 84.8 cm³/mol. The Labute approximate surface area is 130 Å². The zero-order valence-electron chi connectivity index (χ0n) is 12.4. The molecule has 0 aromatic heterocycles. The molecule has 0 atom stereocenters. The Bertz CT molecular complexity index is 516. The molecule has 0 amide bonds. The van der Waals surface area contributed by atoms with Gasteiger partial charge < -0.3 is 4.74 Å². The fourth-order valence-corrected chi connectivity index (χ4v) is 3.30. The zero-order chi connectivity index (χ0) is 15.1. The van der Waals surface area contributed by atoms with Crippen LogP contribution < -0.4 is 0 Å². The first-order valence-corrected chi connectivity index (χ1v) is 8.59. The molecule has 0 bridgehead atoms. The molecule has 1 fully saturated rings. The van der Waals surface area contributed by atoms with Crippen LogP contribution in [0.3, 0.4) is 0 Å². The largest absolute Gasteiger partial charge is 0.462 e. The van der Waals surface area contributed by atoms with Crippen LogP contribution in [0.2, 0.25) is 0 Å². The quantitative estimate of drug-likeness (QED) is 0.774. The predicted octanol–water partition coefficient (Wildman–Crippen LogP) is 3.91. The van der Waals surface area contributed by atoms with E-state index >= 15 is 0 Å². The lowest BCUT2D eigenvalue weighted by Gasteiger charge is -2.25. The van der Waals surface area contributed by atoms with Crippen LogP contribution in [-0.2, 0) is 15.3 Å². The summed E-state index contributed by atoms with van der Waals surface area (Å²) in [6.07, 6.45) is 4.44. The summed E-state index contributed by atoms with van der Waals surface area (Å²) in [6, 6.07) is 9.61. The molecule has 0 unspecified atom stereocenters. The summed E-state index contributed by atoms with van der Waals surface area (Å²) in [4.78, 5) is 11.8. The summed E-state index contributed by atoms with van der Waals surface area (Å²) in [7, 11) is 0. The van der Waals surface area contributed by atoms with Crippen molar-refractivity contribution in [2.45, 2.75) is 44.5 Å². The third-order valence-electron chi connectivity index (χ3n) is 3.81. The fourth-order valence-electron chi connectivity index (χ4n) is 2.55. The van der Waals surface area contributed by atoms with E-state index in [0.29, 0.717) is 11.3 Å². The van der Waals surface area contributed by atoms with E-state index in [0.717, 1.165) is 42.9 Å². The first-order chi connectivity index (χ1) is 10.2. The standard InChI is InChI=1S/C17H21NO2S/c1-13-5-7-16(8-6-13)20-17(19)12-21-11-15-4-2-3-14(9-15)10-18/h2-4,9,13,16H,5-8,11-12H2,1H3. The number of ether oxygens (including phenoxy) is 1. The molecule has 4 heteroatoms. The molecule has 1 aliphatic rings. The van der Waals surface area contributed by atoms with Gasteiger partial charge in [-0.25, -0.2) is 0 Å². The number of thioether (sulfide) groups is 1. The van der Waals surface area contributed by atoms with Crippen molar-refractivity contribution in [3.8, 4) is 6.07 Å². The lowest BCUT2D eigenvalue weighted by Crippen LogP contribution is -2.24. The highest BCUT2D eigenvalue weighted by Gasteiger charge is 2.21. The zero-order valence-corrected chi connectivity index (χ0v) is 13.2. The summed E-state index contributed by atoms with van der Waals surface area (Å²) in [6.45, 7) is 2.25. The molecule has 0 aliphatic heterocycles. The van der Waals surface area contributed by atoms with Gasteiger partial charge in [0.1, 0.15) is 6.10 Å². The SMILES string of the molecule is CC1CCC(OC(=O)CSCc2cccc(C#N)c2)CC1. The van der Waals surface area contributed by atoms with E-state index in [2.05, 4.69) is 13.0 Å². The number of esters is 1. The number of rotatable bonds is 5. The Morgan fingerprint density at radius 3 is 2.86 bits per heavy atom. The molecule has 0 saturated heterocycles. The second-order valence-corrected chi connectivity index (χ2v) is 6.66. The van der Waals surface area contributed by atoms with E-state index in [1.54, 1.807) is 6.07 Å². The van der Waals surface area contributed by atoms with Crippen molar-refractivity contribution < 1.29 is 9.53 Å². The summed E-state index contributed by atoms with van der Waals surface area (Å²) >= 11 is 1.54. The summed E-state index contributed by atoms with van der Waals surface area (Å²) in [5.41, 5.74) is 1.73. The number of carbonyl (C=O) groups excluding carboxylic acids is 1. The van der Waals surface area contributed by atoms with E-state index < -0.39 is 0 Å². The second-order valence-electron chi connectivity index (χ2n) is 5.68. The number of benzene rings is 1. The Balaban J connectivity index is 1.68. The van der Waals surface area contributed by atoms with Crippen LogP contribution in [-0.4, -0.2) is 17.8 Å². The van der Waals surface area contributed by atoms with Crippen LogP contribution in [0, 0.1) is 17.2 Å². The molecule has 0 radical (unpaired) electrons. The Morgan fingerprint density at radius 1 is 1.38 bits per heavy atom. The maximum atomic E-state index is 11.8. The number of hydrogen-bond acceptors (Lipinski definition) is 4.